The Morgan fingerprint density at radius 1 is 1.09 bits per heavy atom. The van der Waals surface area contributed by atoms with Crippen molar-refractivity contribution in [1.82, 2.24) is 4.90 Å². The summed E-state index contributed by atoms with van der Waals surface area (Å²) in [5.74, 6) is 1.49. The van der Waals surface area contributed by atoms with Gasteiger partial charge >= 0.3 is 6.09 Å². The number of nitrogens with two attached hydrogens (primary N) is 1. The average Bonchev–Trinajstić information content (AvgIpc) is 2.77. The first-order valence-electron chi connectivity index (χ1n) is 12.0. The molecule has 186 valence electrons. The van der Waals surface area contributed by atoms with Crippen LogP contribution in [0.15, 0.2) is 42.5 Å². The molecule has 8 heteroatoms. The Kier molecular flexibility index (Phi) is 8.85. The van der Waals surface area contributed by atoms with Gasteiger partial charge in [0.15, 0.2) is 0 Å². The zero-order valence-corrected chi connectivity index (χ0v) is 21.8. The Morgan fingerprint density at radius 2 is 1.74 bits per heavy atom. The molecule has 1 unspecified atom stereocenters. The van der Waals surface area contributed by atoms with Crippen LogP contribution in [-0.4, -0.2) is 49.5 Å². The zero-order valence-electron chi connectivity index (χ0n) is 20.8. The van der Waals surface area contributed by atoms with Crippen LogP contribution in [0.1, 0.15) is 30.9 Å². The molecule has 1 saturated heterocycles. The Balaban J connectivity index is 1.53. The SMILES string of the molecule is CC(C[Si](C)(C)C)OCc1cccc(N)c1COc1ccc(OC2CCN(C(=O)O)CC2)cc1. The molecule has 2 aromatic rings. The van der Waals surface area contributed by atoms with E-state index in [1.807, 2.05) is 42.5 Å². The van der Waals surface area contributed by atoms with E-state index in [1.54, 1.807) is 0 Å². The third-order valence-electron chi connectivity index (χ3n) is 5.95. The van der Waals surface area contributed by atoms with E-state index in [2.05, 4.69) is 26.6 Å². The van der Waals surface area contributed by atoms with Crippen molar-refractivity contribution in [1.29, 1.82) is 0 Å². The van der Waals surface area contributed by atoms with Gasteiger partial charge in [-0.1, -0.05) is 31.8 Å². The molecule has 1 aliphatic rings. The molecule has 1 atom stereocenters. The second kappa shape index (κ2) is 11.6. The number of ether oxygens (including phenoxy) is 3. The Bertz CT molecular complexity index is 937. The third-order valence-corrected chi connectivity index (χ3v) is 7.75. The van der Waals surface area contributed by atoms with Gasteiger partial charge in [0.2, 0.25) is 0 Å². The number of hydrogen-bond donors (Lipinski definition) is 2. The van der Waals surface area contributed by atoms with Gasteiger partial charge in [0.05, 0.1) is 12.7 Å². The van der Waals surface area contributed by atoms with Crippen LogP contribution < -0.4 is 15.2 Å². The number of benzene rings is 2. The predicted octanol–water partition coefficient (Wildman–Crippen LogP) is 5.61. The standard InChI is InChI=1S/C26H38N2O5Si/c1-19(18-34(2,3)4)31-16-20-6-5-7-25(27)24(20)17-32-21-8-10-22(11-9-21)33-23-12-14-28(15-13-23)26(29)30/h5-11,19,23H,12-18,27H2,1-4H3,(H,29,30). The minimum Gasteiger partial charge on any atom is -0.490 e. The molecule has 2 aromatic carbocycles. The molecule has 7 nitrogen and oxygen atoms in total. The highest BCUT2D eigenvalue weighted by Crippen LogP contribution is 2.25. The van der Waals surface area contributed by atoms with Gasteiger partial charge in [-0.25, -0.2) is 4.79 Å². The van der Waals surface area contributed by atoms with Crippen LogP contribution in [0, 0.1) is 0 Å². The normalized spacial score (nSPS) is 15.7. The topological polar surface area (TPSA) is 94.3 Å². The molecular formula is C26H38N2O5Si. The molecule has 0 radical (unpaired) electrons. The van der Waals surface area contributed by atoms with E-state index in [1.165, 1.54) is 4.90 Å². The maximum atomic E-state index is 11.0. The van der Waals surface area contributed by atoms with Crippen LogP contribution >= 0.6 is 0 Å². The fourth-order valence-corrected chi connectivity index (χ4v) is 6.09. The summed E-state index contributed by atoms with van der Waals surface area (Å²) < 4.78 is 18.2. The first-order valence-corrected chi connectivity index (χ1v) is 15.7. The Hall–Kier alpha value is -2.71. The van der Waals surface area contributed by atoms with Gasteiger partial charge in [0, 0.05) is 45.3 Å². The average molecular weight is 487 g/mol. The number of nitrogens with zero attached hydrogens (tertiary/aromatic N) is 1. The van der Waals surface area contributed by atoms with E-state index >= 15 is 0 Å². The lowest BCUT2D eigenvalue weighted by atomic mass is 10.1. The second-order valence-electron chi connectivity index (χ2n) is 10.2. The van der Waals surface area contributed by atoms with Crippen LogP contribution in [0.5, 0.6) is 11.5 Å². The molecule has 1 amide bonds. The van der Waals surface area contributed by atoms with Crippen molar-refractivity contribution in [3.8, 4) is 11.5 Å². The summed E-state index contributed by atoms with van der Waals surface area (Å²) in [5, 5.41) is 9.06. The summed E-state index contributed by atoms with van der Waals surface area (Å²) in [7, 11) is -1.18. The predicted molar refractivity (Wildman–Crippen MR) is 137 cm³/mol. The number of nitrogen functional groups attached to an aromatic ring is 1. The lowest BCUT2D eigenvalue weighted by Crippen LogP contribution is -2.41. The zero-order chi connectivity index (χ0) is 24.7. The number of piperidine rings is 1. The number of anilines is 1. The van der Waals surface area contributed by atoms with E-state index in [4.69, 9.17) is 25.1 Å². The van der Waals surface area contributed by atoms with Crippen molar-refractivity contribution in [2.24, 2.45) is 0 Å². The molecule has 0 aliphatic carbocycles. The number of rotatable bonds is 10. The highest BCUT2D eigenvalue weighted by Gasteiger charge is 2.23. The lowest BCUT2D eigenvalue weighted by molar-refractivity contribution is 0.0639. The summed E-state index contributed by atoms with van der Waals surface area (Å²) in [6, 6.07) is 14.5. The van der Waals surface area contributed by atoms with Crippen molar-refractivity contribution >= 4 is 19.9 Å². The minimum absolute atomic E-state index is 0.0254. The van der Waals surface area contributed by atoms with Gasteiger partial charge in [-0.3, -0.25) is 0 Å². The fourth-order valence-electron chi connectivity index (χ4n) is 4.25. The van der Waals surface area contributed by atoms with Gasteiger partial charge in [0.1, 0.15) is 24.2 Å². The van der Waals surface area contributed by atoms with Crippen molar-refractivity contribution < 1.29 is 24.1 Å². The largest absolute Gasteiger partial charge is 0.490 e. The second-order valence-corrected chi connectivity index (χ2v) is 15.7. The summed E-state index contributed by atoms with van der Waals surface area (Å²) in [6.45, 7) is 11.1. The first kappa shape index (κ1) is 25.9. The van der Waals surface area contributed by atoms with Crippen LogP contribution in [0.25, 0.3) is 0 Å². The molecule has 0 spiro atoms. The van der Waals surface area contributed by atoms with Crippen LogP contribution in [-0.2, 0) is 18.0 Å². The van der Waals surface area contributed by atoms with Gasteiger partial charge < -0.3 is 30.0 Å². The Morgan fingerprint density at radius 3 is 2.35 bits per heavy atom. The molecule has 34 heavy (non-hydrogen) atoms. The van der Waals surface area contributed by atoms with Gasteiger partial charge in [0.25, 0.3) is 0 Å². The minimum atomic E-state index is -1.18. The molecule has 1 fully saturated rings. The Labute approximate surface area is 203 Å². The molecule has 3 N–H and O–H groups in total. The molecule has 1 heterocycles. The smallest absolute Gasteiger partial charge is 0.407 e. The molecule has 3 rings (SSSR count). The number of carboxylic acid groups (broad SMARTS) is 1. The monoisotopic (exact) mass is 486 g/mol. The van der Waals surface area contributed by atoms with Crippen LogP contribution in [0.2, 0.25) is 25.7 Å². The quantitative estimate of drug-likeness (QED) is 0.335. The van der Waals surface area contributed by atoms with Crippen molar-refractivity contribution in [2.75, 3.05) is 18.8 Å². The molecule has 1 aliphatic heterocycles. The fraction of sp³-hybridized carbons (Fsp3) is 0.500. The summed E-state index contributed by atoms with van der Waals surface area (Å²) >= 11 is 0. The van der Waals surface area contributed by atoms with Crippen LogP contribution in [0.3, 0.4) is 0 Å². The van der Waals surface area contributed by atoms with E-state index in [0.29, 0.717) is 44.8 Å². The van der Waals surface area contributed by atoms with Crippen LogP contribution in [0.4, 0.5) is 10.5 Å². The maximum Gasteiger partial charge on any atom is 0.407 e. The van der Waals surface area contributed by atoms with E-state index in [-0.39, 0.29) is 12.2 Å². The van der Waals surface area contributed by atoms with E-state index in [0.717, 1.165) is 28.7 Å². The molecular weight excluding hydrogens is 448 g/mol. The highest BCUT2D eigenvalue weighted by molar-refractivity contribution is 6.76. The van der Waals surface area contributed by atoms with Crippen molar-refractivity contribution in [3.05, 3.63) is 53.6 Å². The summed E-state index contributed by atoms with van der Waals surface area (Å²) in [6.07, 6.45) is 0.760. The lowest BCUT2D eigenvalue weighted by Gasteiger charge is -2.30. The van der Waals surface area contributed by atoms with E-state index < -0.39 is 14.2 Å². The third kappa shape index (κ3) is 7.95. The number of carbonyl (C=O) groups is 1. The summed E-state index contributed by atoms with van der Waals surface area (Å²) in [4.78, 5) is 12.5. The van der Waals surface area contributed by atoms with Gasteiger partial charge in [-0.15, -0.1) is 0 Å². The van der Waals surface area contributed by atoms with Gasteiger partial charge in [-0.05, 0) is 48.9 Å². The summed E-state index contributed by atoms with van der Waals surface area (Å²) in [5.41, 5.74) is 8.97. The first-order chi connectivity index (χ1) is 16.1. The van der Waals surface area contributed by atoms with Gasteiger partial charge in [-0.2, -0.15) is 0 Å². The number of hydrogen-bond acceptors (Lipinski definition) is 5. The molecule has 0 bridgehead atoms. The van der Waals surface area contributed by atoms with Crippen molar-refractivity contribution in [2.45, 2.75) is 70.9 Å². The van der Waals surface area contributed by atoms with Crippen molar-refractivity contribution in [3.63, 3.8) is 0 Å². The maximum absolute atomic E-state index is 11.0. The number of amides is 1. The number of likely N-dealkylation sites (tertiary alicyclic amines) is 1. The highest BCUT2D eigenvalue weighted by atomic mass is 28.3. The molecule has 0 aromatic heterocycles. The van der Waals surface area contributed by atoms with E-state index in [9.17, 15) is 4.79 Å². The molecule has 0 saturated carbocycles.